The normalized spacial score (nSPS) is 17.9. The zero-order valence-electron chi connectivity index (χ0n) is 20.7. The fraction of sp³-hybridized carbons (Fsp3) is 0.462. The van der Waals surface area contributed by atoms with Crippen LogP contribution in [-0.2, 0) is 9.53 Å². The Kier molecular flexibility index (Phi) is 8.95. The molecule has 0 radical (unpaired) electrons. The van der Waals surface area contributed by atoms with Gasteiger partial charge in [0.25, 0.3) is 5.91 Å². The number of thiocarbonyl (C=S) groups is 1. The molecule has 0 aliphatic carbocycles. The molecule has 3 rings (SSSR count). The second-order valence-corrected chi connectivity index (χ2v) is 10.0. The SMILES string of the molecule is CCOc1cc(C(=S)N2C[C@H](C)O[C@@H](C)C2)cc(Br)c1OCC(=O)Nc1c(C)cc(C)cc1C. The molecule has 184 valence electrons. The van der Waals surface area contributed by atoms with Crippen LogP contribution in [0.1, 0.15) is 43.0 Å². The van der Waals surface area contributed by atoms with Crippen molar-refractivity contribution >= 4 is 44.7 Å². The van der Waals surface area contributed by atoms with E-state index in [1.165, 1.54) is 0 Å². The highest BCUT2D eigenvalue weighted by Gasteiger charge is 2.26. The quantitative estimate of drug-likeness (QED) is 0.456. The number of nitrogens with one attached hydrogen (secondary N) is 1. The Hall–Kier alpha value is -2.16. The molecule has 2 aromatic carbocycles. The fourth-order valence-electron chi connectivity index (χ4n) is 4.31. The van der Waals surface area contributed by atoms with Crippen molar-refractivity contribution in [1.29, 1.82) is 0 Å². The van der Waals surface area contributed by atoms with E-state index >= 15 is 0 Å². The molecule has 1 N–H and O–H groups in total. The molecule has 2 atom stereocenters. The molecule has 0 aromatic heterocycles. The highest BCUT2D eigenvalue weighted by molar-refractivity contribution is 9.10. The molecule has 0 bridgehead atoms. The minimum Gasteiger partial charge on any atom is -0.490 e. The average Bonchev–Trinajstić information content (AvgIpc) is 2.74. The monoisotopic (exact) mass is 548 g/mol. The second-order valence-electron chi connectivity index (χ2n) is 8.80. The predicted octanol–water partition coefficient (Wildman–Crippen LogP) is 5.58. The fourth-order valence-corrected chi connectivity index (χ4v) is 5.13. The molecule has 1 aliphatic heterocycles. The lowest BCUT2D eigenvalue weighted by atomic mass is 10.1. The topological polar surface area (TPSA) is 60.0 Å². The number of rotatable bonds is 7. The van der Waals surface area contributed by atoms with Crippen molar-refractivity contribution in [1.82, 2.24) is 4.90 Å². The number of benzene rings is 2. The molecule has 34 heavy (non-hydrogen) atoms. The van der Waals surface area contributed by atoms with Crippen LogP contribution in [0, 0.1) is 20.8 Å². The summed E-state index contributed by atoms with van der Waals surface area (Å²) in [6.07, 6.45) is 0.219. The zero-order chi connectivity index (χ0) is 25.0. The summed E-state index contributed by atoms with van der Waals surface area (Å²) in [5, 5.41) is 2.97. The lowest BCUT2D eigenvalue weighted by Gasteiger charge is -2.37. The lowest BCUT2D eigenvalue weighted by molar-refractivity contribution is -0.118. The van der Waals surface area contributed by atoms with Crippen LogP contribution in [0.3, 0.4) is 0 Å². The van der Waals surface area contributed by atoms with E-state index in [1.54, 1.807) is 0 Å². The molecule has 1 heterocycles. The van der Waals surface area contributed by atoms with E-state index < -0.39 is 0 Å². The molecule has 1 fully saturated rings. The van der Waals surface area contributed by atoms with E-state index in [9.17, 15) is 4.79 Å². The number of hydrogen-bond acceptors (Lipinski definition) is 5. The summed E-state index contributed by atoms with van der Waals surface area (Å²) >= 11 is 9.39. The molecule has 0 saturated carbocycles. The Morgan fingerprint density at radius 1 is 1.12 bits per heavy atom. The lowest BCUT2D eigenvalue weighted by Crippen LogP contribution is -2.47. The molecular formula is C26H33BrN2O4S. The Balaban J connectivity index is 1.75. The number of carbonyl (C=O) groups excluding carboxylic acids is 1. The number of morpholine rings is 1. The molecule has 1 saturated heterocycles. The number of ether oxygens (including phenoxy) is 3. The van der Waals surface area contributed by atoms with Gasteiger partial charge in [0.15, 0.2) is 18.1 Å². The molecular weight excluding hydrogens is 516 g/mol. The smallest absolute Gasteiger partial charge is 0.262 e. The first-order valence-electron chi connectivity index (χ1n) is 11.5. The van der Waals surface area contributed by atoms with Crippen LogP contribution in [0.15, 0.2) is 28.7 Å². The van der Waals surface area contributed by atoms with E-state index in [2.05, 4.69) is 26.1 Å². The van der Waals surface area contributed by atoms with Crippen molar-refractivity contribution < 1.29 is 19.0 Å². The maximum atomic E-state index is 12.7. The van der Waals surface area contributed by atoms with E-state index in [1.807, 2.05) is 65.8 Å². The molecule has 8 heteroatoms. The minimum absolute atomic E-state index is 0.110. The van der Waals surface area contributed by atoms with Crippen LogP contribution in [-0.4, -0.2) is 54.3 Å². The Labute approximate surface area is 216 Å². The molecule has 1 aliphatic rings. The first kappa shape index (κ1) is 26.4. The van der Waals surface area contributed by atoms with E-state index in [-0.39, 0.29) is 24.7 Å². The number of halogens is 1. The number of anilines is 1. The summed E-state index contributed by atoms with van der Waals surface area (Å²) in [6, 6.07) is 7.88. The second kappa shape index (κ2) is 11.5. The number of amides is 1. The van der Waals surface area contributed by atoms with Gasteiger partial charge in [-0.2, -0.15) is 0 Å². The molecule has 0 unspecified atom stereocenters. The summed E-state index contributed by atoms with van der Waals surface area (Å²) in [5.41, 5.74) is 4.87. The summed E-state index contributed by atoms with van der Waals surface area (Å²) in [7, 11) is 0. The first-order valence-corrected chi connectivity index (χ1v) is 12.7. The highest BCUT2D eigenvalue weighted by Crippen LogP contribution is 2.37. The van der Waals surface area contributed by atoms with Crippen LogP contribution in [0.2, 0.25) is 0 Å². The van der Waals surface area contributed by atoms with Crippen molar-refractivity contribution in [3.05, 3.63) is 51.0 Å². The van der Waals surface area contributed by atoms with Gasteiger partial charge in [-0.15, -0.1) is 0 Å². The third-order valence-corrected chi connectivity index (χ3v) is 6.64. The van der Waals surface area contributed by atoms with Gasteiger partial charge in [0.2, 0.25) is 0 Å². The van der Waals surface area contributed by atoms with Crippen LogP contribution in [0.25, 0.3) is 0 Å². The Bertz CT molecular complexity index is 1040. The van der Waals surface area contributed by atoms with Gasteiger partial charge in [-0.25, -0.2) is 0 Å². The van der Waals surface area contributed by atoms with Gasteiger partial charge in [0.1, 0.15) is 4.99 Å². The van der Waals surface area contributed by atoms with Gasteiger partial charge >= 0.3 is 0 Å². The van der Waals surface area contributed by atoms with Crippen molar-refractivity contribution in [3.8, 4) is 11.5 Å². The van der Waals surface area contributed by atoms with Crippen LogP contribution >= 0.6 is 28.1 Å². The third-order valence-electron chi connectivity index (χ3n) is 5.55. The van der Waals surface area contributed by atoms with E-state index in [4.69, 9.17) is 26.4 Å². The maximum absolute atomic E-state index is 12.7. The van der Waals surface area contributed by atoms with Crippen molar-refractivity contribution in [3.63, 3.8) is 0 Å². The minimum atomic E-state index is -0.236. The first-order chi connectivity index (χ1) is 16.1. The summed E-state index contributed by atoms with van der Waals surface area (Å²) in [4.78, 5) is 15.6. The van der Waals surface area contributed by atoms with Gasteiger partial charge in [-0.1, -0.05) is 29.9 Å². The van der Waals surface area contributed by atoms with Gasteiger partial charge < -0.3 is 24.4 Å². The molecule has 6 nitrogen and oxygen atoms in total. The number of hydrogen-bond donors (Lipinski definition) is 1. The van der Waals surface area contributed by atoms with Gasteiger partial charge in [-0.05, 0) is 80.7 Å². The third kappa shape index (κ3) is 6.49. The van der Waals surface area contributed by atoms with Crippen molar-refractivity contribution in [2.75, 3.05) is 31.6 Å². The van der Waals surface area contributed by atoms with Gasteiger partial charge in [0, 0.05) is 24.3 Å². The maximum Gasteiger partial charge on any atom is 0.262 e. The number of nitrogens with zero attached hydrogens (tertiary/aromatic N) is 1. The Morgan fingerprint density at radius 3 is 2.32 bits per heavy atom. The number of aryl methyl sites for hydroxylation is 3. The predicted molar refractivity (Wildman–Crippen MR) is 143 cm³/mol. The molecule has 1 amide bonds. The highest BCUT2D eigenvalue weighted by atomic mass is 79.9. The summed E-state index contributed by atoms with van der Waals surface area (Å²) in [5.74, 6) is 0.781. The zero-order valence-corrected chi connectivity index (χ0v) is 23.1. The molecule has 2 aromatic rings. The standard InChI is InChI=1S/C26H33BrN2O4S/c1-7-31-22-11-20(26(34)29-12-18(5)33-19(6)13-29)10-21(27)25(22)32-14-23(30)28-24-16(3)8-15(2)9-17(24)4/h8-11,18-19H,7,12-14H2,1-6H3,(H,28,30)/t18-,19-/m0/s1. The summed E-state index contributed by atoms with van der Waals surface area (Å²) < 4.78 is 18.3. The van der Waals surface area contributed by atoms with E-state index in [0.29, 0.717) is 22.6 Å². The number of carbonyl (C=O) groups is 1. The van der Waals surface area contributed by atoms with Gasteiger partial charge in [0.05, 0.1) is 23.3 Å². The van der Waals surface area contributed by atoms with Crippen molar-refractivity contribution in [2.45, 2.75) is 53.8 Å². The molecule has 0 spiro atoms. The van der Waals surface area contributed by atoms with Crippen LogP contribution < -0.4 is 14.8 Å². The Morgan fingerprint density at radius 2 is 1.74 bits per heavy atom. The average molecular weight is 550 g/mol. The van der Waals surface area contributed by atoms with Crippen LogP contribution in [0.4, 0.5) is 5.69 Å². The summed E-state index contributed by atoms with van der Waals surface area (Å²) in [6.45, 7) is 13.8. The largest absolute Gasteiger partial charge is 0.490 e. The van der Waals surface area contributed by atoms with E-state index in [0.717, 1.165) is 46.0 Å². The van der Waals surface area contributed by atoms with Crippen LogP contribution in [0.5, 0.6) is 11.5 Å². The van der Waals surface area contributed by atoms with Crippen molar-refractivity contribution in [2.24, 2.45) is 0 Å². The van der Waals surface area contributed by atoms with Gasteiger partial charge in [-0.3, -0.25) is 4.79 Å².